The van der Waals surface area contributed by atoms with Gasteiger partial charge in [0.15, 0.2) is 0 Å². The van der Waals surface area contributed by atoms with E-state index in [2.05, 4.69) is 24.3 Å². The Hall–Kier alpha value is -4.58. The van der Waals surface area contributed by atoms with Gasteiger partial charge in [0.05, 0.1) is 14.2 Å². The highest BCUT2D eigenvalue weighted by atomic mass is 16.5. The van der Waals surface area contributed by atoms with Crippen molar-refractivity contribution in [3.05, 3.63) is 119 Å². The summed E-state index contributed by atoms with van der Waals surface area (Å²) in [5.41, 5.74) is 5.80. The molecule has 190 valence electrons. The number of hydrogen-bond acceptors (Lipinski definition) is 6. The molecule has 0 N–H and O–H groups in total. The first-order valence-electron chi connectivity index (χ1n) is 12.6. The number of methoxy groups -OCH3 is 2. The third-order valence-corrected chi connectivity index (χ3v) is 6.88. The Morgan fingerprint density at radius 3 is 1.37 bits per heavy atom. The van der Waals surface area contributed by atoms with E-state index in [1.807, 2.05) is 72.8 Å². The van der Waals surface area contributed by atoms with Crippen LogP contribution in [-0.2, 0) is 9.47 Å². The number of rotatable bonds is 7. The summed E-state index contributed by atoms with van der Waals surface area (Å²) >= 11 is 0. The fourth-order valence-corrected chi connectivity index (χ4v) is 4.85. The Morgan fingerprint density at radius 1 is 0.553 bits per heavy atom. The number of benzene rings is 4. The average molecular weight is 505 g/mol. The molecule has 6 heteroatoms. The Balaban J connectivity index is 1.45. The molecule has 6 nitrogen and oxygen atoms in total. The molecule has 2 atom stereocenters. The molecule has 0 aromatic heterocycles. The highest BCUT2D eigenvalue weighted by Crippen LogP contribution is 2.38. The van der Waals surface area contributed by atoms with Gasteiger partial charge in [-0.15, -0.1) is 0 Å². The molecule has 0 fully saturated rings. The van der Waals surface area contributed by atoms with E-state index in [0.29, 0.717) is 25.0 Å². The summed E-state index contributed by atoms with van der Waals surface area (Å²) in [5, 5.41) is 0. The van der Waals surface area contributed by atoms with Crippen LogP contribution in [0.4, 0.5) is 0 Å². The molecule has 0 spiro atoms. The zero-order chi connectivity index (χ0) is 25.9. The molecular formula is C32H28N2O4. The van der Waals surface area contributed by atoms with Crippen LogP contribution in [0, 0.1) is 0 Å². The second-order valence-electron chi connectivity index (χ2n) is 9.17. The quantitative estimate of drug-likeness (QED) is 0.292. The molecule has 2 aliphatic rings. The normalized spacial score (nSPS) is 18.3. The summed E-state index contributed by atoms with van der Waals surface area (Å²) in [4.78, 5) is 9.91. The van der Waals surface area contributed by atoms with Crippen molar-refractivity contribution in [3.8, 4) is 22.6 Å². The van der Waals surface area contributed by atoms with E-state index in [1.54, 1.807) is 14.2 Å². The standard InChI is InChI=1S/C32H28N2O4/c1-35-23-13-15-25(31-33-29(19-37-31)21-9-5-3-6-10-21)27(17-23)28-18-24(36-2)14-16-26(28)32-34-30(20-38-32)22-11-7-4-8-12-22/h3-18,29-30H,19-20H2,1-2H3/t29-,30-/m1/s1. The molecule has 6 rings (SSSR count). The molecule has 0 unspecified atom stereocenters. The zero-order valence-electron chi connectivity index (χ0n) is 21.3. The summed E-state index contributed by atoms with van der Waals surface area (Å²) in [6.45, 7) is 0.981. The van der Waals surface area contributed by atoms with Gasteiger partial charge in [0.25, 0.3) is 0 Å². The summed E-state index contributed by atoms with van der Waals surface area (Å²) in [6, 6.07) is 32.1. The van der Waals surface area contributed by atoms with Crippen LogP contribution >= 0.6 is 0 Å². The zero-order valence-corrected chi connectivity index (χ0v) is 21.3. The minimum Gasteiger partial charge on any atom is -0.497 e. The molecule has 0 aliphatic carbocycles. The summed E-state index contributed by atoms with van der Waals surface area (Å²) < 4.78 is 23.5. The Bertz CT molecular complexity index is 1380. The van der Waals surface area contributed by atoms with Crippen LogP contribution in [0.15, 0.2) is 107 Å². The fraction of sp³-hybridized carbons (Fsp3) is 0.188. The van der Waals surface area contributed by atoms with Crippen molar-refractivity contribution in [1.82, 2.24) is 0 Å². The first kappa shape index (κ1) is 23.8. The molecular weight excluding hydrogens is 476 g/mol. The van der Waals surface area contributed by atoms with Crippen molar-refractivity contribution in [1.29, 1.82) is 0 Å². The van der Waals surface area contributed by atoms with Crippen molar-refractivity contribution in [2.75, 3.05) is 27.4 Å². The van der Waals surface area contributed by atoms with Gasteiger partial charge in [-0.25, -0.2) is 9.98 Å². The average Bonchev–Trinajstić information content (AvgIpc) is 3.68. The van der Waals surface area contributed by atoms with Gasteiger partial charge in [0.2, 0.25) is 11.8 Å². The largest absolute Gasteiger partial charge is 0.497 e. The fourth-order valence-electron chi connectivity index (χ4n) is 4.85. The van der Waals surface area contributed by atoms with Crippen molar-refractivity contribution >= 4 is 11.8 Å². The molecule has 4 aromatic rings. The topological polar surface area (TPSA) is 61.6 Å². The van der Waals surface area contributed by atoms with Gasteiger partial charge >= 0.3 is 0 Å². The van der Waals surface area contributed by atoms with Gasteiger partial charge in [0, 0.05) is 11.1 Å². The summed E-state index contributed by atoms with van der Waals surface area (Å²) in [7, 11) is 3.32. The van der Waals surface area contributed by atoms with Gasteiger partial charge < -0.3 is 18.9 Å². The van der Waals surface area contributed by atoms with Crippen LogP contribution < -0.4 is 9.47 Å². The molecule has 2 heterocycles. The van der Waals surface area contributed by atoms with Gasteiger partial charge in [0.1, 0.15) is 36.8 Å². The molecule has 0 radical (unpaired) electrons. The first-order chi connectivity index (χ1) is 18.7. The second kappa shape index (κ2) is 10.4. The minimum atomic E-state index is -0.0555. The van der Waals surface area contributed by atoms with E-state index in [4.69, 9.17) is 28.9 Å². The lowest BCUT2D eigenvalue weighted by Crippen LogP contribution is -2.08. The number of hydrogen-bond donors (Lipinski definition) is 0. The van der Waals surface area contributed by atoms with Crippen molar-refractivity contribution in [3.63, 3.8) is 0 Å². The van der Waals surface area contributed by atoms with E-state index >= 15 is 0 Å². The maximum absolute atomic E-state index is 6.15. The lowest BCUT2D eigenvalue weighted by molar-refractivity contribution is 0.319. The van der Waals surface area contributed by atoms with Crippen molar-refractivity contribution in [2.24, 2.45) is 9.98 Å². The van der Waals surface area contributed by atoms with E-state index < -0.39 is 0 Å². The molecule has 0 bridgehead atoms. The monoisotopic (exact) mass is 504 g/mol. The lowest BCUT2D eigenvalue weighted by Gasteiger charge is -2.16. The van der Waals surface area contributed by atoms with E-state index in [-0.39, 0.29) is 12.1 Å². The van der Waals surface area contributed by atoms with Crippen LogP contribution in [0.25, 0.3) is 11.1 Å². The molecule has 4 aromatic carbocycles. The number of aliphatic imine (C=N–C) groups is 2. The lowest BCUT2D eigenvalue weighted by atomic mass is 9.94. The molecule has 38 heavy (non-hydrogen) atoms. The van der Waals surface area contributed by atoms with Crippen LogP contribution in [0.2, 0.25) is 0 Å². The van der Waals surface area contributed by atoms with Gasteiger partial charge in [-0.1, -0.05) is 60.7 Å². The molecule has 0 saturated carbocycles. The van der Waals surface area contributed by atoms with Crippen molar-refractivity contribution in [2.45, 2.75) is 12.1 Å². The number of nitrogens with zero attached hydrogens (tertiary/aromatic N) is 2. The van der Waals surface area contributed by atoms with E-state index in [0.717, 1.165) is 44.9 Å². The van der Waals surface area contributed by atoms with Gasteiger partial charge in [-0.05, 0) is 58.7 Å². The summed E-state index contributed by atoms with van der Waals surface area (Å²) in [5.74, 6) is 2.66. The SMILES string of the molecule is COc1ccc(C2=N[C@@H](c3ccccc3)CO2)c(-c2cc(OC)ccc2C2=N[C@@H](c3ccccc3)CO2)c1. The van der Waals surface area contributed by atoms with Crippen LogP contribution in [0.5, 0.6) is 11.5 Å². The predicted molar refractivity (Wildman–Crippen MR) is 148 cm³/mol. The predicted octanol–water partition coefficient (Wildman–Crippen LogP) is 6.41. The molecule has 2 aliphatic heterocycles. The van der Waals surface area contributed by atoms with Crippen LogP contribution in [0.3, 0.4) is 0 Å². The van der Waals surface area contributed by atoms with E-state index in [1.165, 1.54) is 0 Å². The summed E-state index contributed by atoms with van der Waals surface area (Å²) in [6.07, 6.45) is 0. The highest BCUT2D eigenvalue weighted by Gasteiger charge is 2.28. The third kappa shape index (κ3) is 4.61. The Morgan fingerprint density at radius 2 is 0.974 bits per heavy atom. The smallest absolute Gasteiger partial charge is 0.217 e. The first-order valence-corrected chi connectivity index (χ1v) is 12.6. The highest BCUT2D eigenvalue weighted by molar-refractivity contribution is 6.07. The van der Waals surface area contributed by atoms with Crippen molar-refractivity contribution < 1.29 is 18.9 Å². The number of ether oxygens (including phenoxy) is 4. The van der Waals surface area contributed by atoms with Gasteiger partial charge in [-0.2, -0.15) is 0 Å². The van der Waals surface area contributed by atoms with E-state index in [9.17, 15) is 0 Å². The maximum atomic E-state index is 6.15. The maximum Gasteiger partial charge on any atom is 0.217 e. The molecule has 0 saturated heterocycles. The van der Waals surface area contributed by atoms with Crippen LogP contribution in [-0.4, -0.2) is 39.2 Å². The molecule has 0 amide bonds. The Kier molecular flexibility index (Phi) is 6.53. The second-order valence-corrected chi connectivity index (χ2v) is 9.17. The van der Waals surface area contributed by atoms with Gasteiger partial charge in [-0.3, -0.25) is 0 Å². The van der Waals surface area contributed by atoms with Crippen LogP contribution in [0.1, 0.15) is 34.3 Å². The minimum absolute atomic E-state index is 0.0555. The third-order valence-electron chi connectivity index (χ3n) is 6.88. The Labute approximate surface area is 222 Å².